The number of aromatic amines is 1. The van der Waals surface area contributed by atoms with Crippen LogP contribution in [0.5, 0.6) is 5.75 Å². The summed E-state index contributed by atoms with van der Waals surface area (Å²) >= 11 is 0. The van der Waals surface area contributed by atoms with Gasteiger partial charge in [-0.2, -0.15) is 5.10 Å². The first-order chi connectivity index (χ1) is 8.90. The minimum Gasteiger partial charge on any atom is -0.496 e. The zero-order valence-electron chi connectivity index (χ0n) is 11.5. The number of hydrogen-bond donors (Lipinski definition) is 2. The Morgan fingerprint density at radius 3 is 2.68 bits per heavy atom. The molecule has 19 heavy (non-hydrogen) atoms. The molecule has 0 amide bonds. The molecule has 102 valence electrons. The lowest BCUT2D eigenvalue weighted by Gasteiger charge is -2.19. The van der Waals surface area contributed by atoms with Gasteiger partial charge in [0, 0.05) is 11.6 Å². The van der Waals surface area contributed by atoms with E-state index in [1.807, 2.05) is 20.8 Å². The first kappa shape index (κ1) is 13.4. The molecule has 0 bridgehead atoms. The topological polar surface area (TPSA) is 49.9 Å². The average molecular weight is 263 g/mol. The molecular formula is C14H18FN3O. The van der Waals surface area contributed by atoms with Crippen LogP contribution in [0, 0.1) is 5.82 Å². The van der Waals surface area contributed by atoms with Gasteiger partial charge < -0.3 is 10.1 Å². The number of halogens is 1. The van der Waals surface area contributed by atoms with E-state index in [1.165, 1.54) is 13.2 Å². The standard InChI is InChI=1S/C14H18FN3O/c1-14(2,3)16-12-8-10(17-18-12)13-9(15)6-5-7-11(13)19-4/h5-8H,1-4H3,(H2,16,17,18). The molecule has 0 aliphatic carbocycles. The Bertz CT molecular complexity index is 572. The summed E-state index contributed by atoms with van der Waals surface area (Å²) in [4.78, 5) is 0. The van der Waals surface area contributed by atoms with E-state index in [4.69, 9.17) is 4.74 Å². The fourth-order valence-electron chi connectivity index (χ4n) is 1.83. The summed E-state index contributed by atoms with van der Waals surface area (Å²) in [6.07, 6.45) is 0. The third-order valence-corrected chi connectivity index (χ3v) is 2.55. The number of nitrogens with zero attached hydrogens (tertiary/aromatic N) is 1. The quantitative estimate of drug-likeness (QED) is 0.892. The molecule has 0 unspecified atom stereocenters. The lowest BCUT2D eigenvalue weighted by Crippen LogP contribution is -2.26. The number of ether oxygens (including phenoxy) is 1. The van der Waals surface area contributed by atoms with Gasteiger partial charge in [-0.05, 0) is 32.9 Å². The molecule has 2 rings (SSSR count). The Kier molecular flexibility index (Phi) is 3.46. The van der Waals surface area contributed by atoms with Crippen molar-refractivity contribution >= 4 is 5.82 Å². The molecule has 5 heteroatoms. The number of methoxy groups -OCH3 is 1. The minimum absolute atomic E-state index is 0.105. The number of H-pyrrole nitrogens is 1. The van der Waals surface area contributed by atoms with Crippen molar-refractivity contribution in [2.45, 2.75) is 26.3 Å². The van der Waals surface area contributed by atoms with E-state index in [0.717, 1.165) is 0 Å². The Labute approximate surface area is 112 Å². The zero-order chi connectivity index (χ0) is 14.0. The van der Waals surface area contributed by atoms with Crippen LogP contribution in [0.4, 0.5) is 10.2 Å². The number of nitrogens with one attached hydrogen (secondary N) is 2. The van der Waals surface area contributed by atoms with Crippen LogP contribution in [0.2, 0.25) is 0 Å². The number of hydrogen-bond acceptors (Lipinski definition) is 3. The summed E-state index contributed by atoms with van der Waals surface area (Å²) in [5, 5.41) is 10.2. The Balaban J connectivity index is 2.38. The molecule has 1 aromatic carbocycles. The monoisotopic (exact) mass is 263 g/mol. The highest BCUT2D eigenvalue weighted by molar-refractivity contribution is 5.70. The molecule has 0 saturated heterocycles. The number of aromatic nitrogens is 2. The highest BCUT2D eigenvalue weighted by Crippen LogP contribution is 2.32. The van der Waals surface area contributed by atoms with Crippen LogP contribution in [0.25, 0.3) is 11.3 Å². The average Bonchev–Trinajstić information content (AvgIpc) is 2.74. The van der Waals surface area contributed by atoms with Crippen molar-refractivity contribution in [1.82, 2.24) is 10.2 Å². The van der Waals surface area contributed by atoms with Crippen molar-refractivity contribution < 1.29 is 9.13 Å². The molecule has 0 radical (unpaired) electrons. The van der Waals surface area contributed by atoms with E-state index >= 15 is 0 Å². The number of benzene rings is 1. The first-order valence-corrected chi connectivity index (χ1v) is 6.07. The molecule has 4 nitrogen and oxygen atoms in total. The second-order valence-electron chi connectivity index (χ2n) is 5.36. The van der Waals surface area contributed by atoms with Crippen LogP contribution in [0.3, 0.4) is 0 Å². The van der Waals surface area contributed by atoms with Crippen molar-refractivity contribution in [2.24, 2.45) is 0 Å². The molecule has 0 aliphatic rings. The molecule has 0 spiro atoms. The Morgan fingerprint density at radius 2 is 2.05 bits per heavy atom. The van der Waals surface area contributed by atoms with Gasteiger partial charge in [-0.3, -0.25) is 5.10 Å². The molecule has 0 atom stereocenters. The van der Waals surface area contributed by atoms with Crippen LogP contribution in [-0.2, 0) is 0 Å². The van der Waals surface area contributed by atoms with Gasteiger partial charge in [0.05, 0.1) is 18.4 Å². The largest absolute Gasteiger partial charge is 0.496 e. The van der Waals surface area contributed by atoms with Crippen LogP contribution in [0.1, 0.15) is 20.8 Å². The van der Waals surface area contributed by atoms with Gasteiger partial charge in [0.15, 0.2) is 0 Å². The molecule has 0 aliphatic heterocycles. The zero-order valence-corrected chi connectivity index (χ0v) is 11.5. The van der Waals surface area contributed by atoms with Gasteiger partial charge in [-0.1, -0.05) is 6.07 Å². The van der Waals surface area contributed by atoms with Gasteiger partial charge in [0.2, 0.25) is 0 Å². The van der Waals surface area contributed by atoms with Gasteiger partial charge >= 0.3 is 0 Å². The fourth-order valence-corrected chi connectivity index (χ4v) is 1.83. The fraction of sp³-hybridized carbons (Fsp3) is 0.357. The number of rotatable bonds is 3. The summed E-state index contributed by atoms with van der Waals surface area (Å²) in [5.74, 6) is 0.809. The minimum atomic E-state index is -0.342. The van der Waals surface area contributed by atoms with E-state index < -0.39 is 0 Å². The third-order valence-electron chi connectivity index (χ3n) is 2.55. The maximum Gasteiger partial charge on any atom is 0.148 e. The molecular weight excluding hydrogens is 245 g/mol. The lowest BCUT2D eigenvalue weighted by atomic mass is 10.1. The highest BCUT2D eigenvalue weighted by atomic mass is 19.1. The number of anilines is 1. The van der Waals surface area contributed by atoms with Crippen LogP contribution < -0.4 is 10.1 Å². The maximum absolute atomic E-state index is 13.9. The SMILES string of the molecule is COc1cccc(F)c1-c1cc(NC(C)(C)C)n[nH]1. The van der Waals surface area contributed by atoms with E-state index in [2.05, 4.69) is 15.5 Å². The predicted octanol–water partition coefficient (Wildman–Crippen LogP) is 3.43. The van der Waals surface area contributed by atoms with Gasteiger partial charge in [-0.15, -0.1) is 0 Å². The predicted molar refractivity (Wildman–Crippen MR) is 73.9 cm³/mol. The van der Waals surface area contributed by atoms with Gasteiger partial charge in [0.1, 0.15) is 17.4 Å². The molecule has 1 heterocycles. The van der Waals surface area contributed by atoms with E-state index in [9.17, 15) is 4.39 Å². The Morgan fingerprint density at radius 1 is 1.32 bits per heavy atom. The van der Waals surface area contributed by atoms with Crippen LogP contribution >= 0.6 is 0 Å². The van der Waals surface area contributed by atoms with Gasteiger partial charge in [0.25, 0.3) is 0 Å². The smallest absolute Gasteiger partial charge is 0.148 e. The van der Waals surface area contributed by atoms with E-state index in [-0.39, 0.29) is 11.4 Å². The van der Waals surface area contributed by atoms with Crippen molar-refractivity contribution in [3.05, 3.63) is 30.1 Å². The molecule has 0 saturated carbocycles. The molecule has 2 aromatic rings. The summed E-state index contributed by atoms with van der Waals surface area (Å²) < 4.78 is 19.1. The summed E-state index contributed by atoms with van der Waals surface area (Å²) in [6, 6.07) is 6.50. The second-order valence-corrected chi connectivity index (χ2v) is 5.36. The summed E-state index contributed by atoms with van der Waals surface area (Å²) in [6.45, 7) is 6.10. The first-order valence-electron chi connectivity index (χ1n) is 6.07. The highest BCUT2D eigenvalue weighted by Gasteiger charge is 2.16. The van der Waals surface area contributed by atoms with E-state index in [0.29, 0.717) is 22.8 Å². The molecule has 2 N–H and O–H groups in total. The molecule has 1 aromatic heterocycles. The molecule has 0 fully saturated rings. The maximum atomic E-state index is 13.9. The van der Waals surface area contributed by atoms with Crippen molar-refractivity contribution in [2.75, 3.05) is 12.4 Å². The lowest BCUT2D eigenvalue weighted by molar-refractivity contribution is 0.413. The summed E-state index contributed by atoms with van der Waals surface area (Å²) in [5.41, 5.74) is 0.868. The van der Waals surface area contributed by atoms with Crippen LogP contribution in [0.15, 0.2) is 24.3 Å². The van der Waals surface area contributed by atoms with Gasteiger partial charge in [-0.25, -0.2) is 4.39 Å². The van der Waals surface area contributed by atoms with Crippen molar-refractivity contribution in [3.63, 3.8) is 0 Å². The second kappa shape index (κ2) is 4.91. The summed E-state index contributed by atoms with van der Waals surface area (Å²) in [7, 11) is 1.52. The third kappa shape index (κ3) is 3.05. The van der Waals surface area contributed by atoms with Crippen molar-refractivity contribution in [1.29, 1.82) is 0 Å². The normalized spacial score (nSPS) is 11.4. The Hall–Kier alpha value is -2.04. The van der Waals surface area contributed by atoms with Crippen LogP contribution in [-0.4, -0.2) is 22.8 Å². The van der Waals surface area contributed by atoms with Crippen molar-refractivity contribution in [3.8, 4) is 17.0 Å². The van der Waals surface area contributed by atoms with E-state index in [1.54, 1.807) is 18.2 Å².